The first kappa shape index (κ1) is 10.9. The van der Waals surface area contributed by atoms with Crippen LogP contribution in [0.1, 0.15) is 11.1 Å². The summed E-state index contributed by atoms with van der Waals surface area (Å²) in [7, 11) is 0. The van der Waals surface area contributed by atoms with E-state index in [9.17, 15) is 0 Å². The van der Waals surface area contributed by atoms with Crippen LogP contribution in [0, 0.1) is 0 Å². The van der Waals surface area contributed by atoms with Gasteiger partial charge in [0.25, 0.3) is 0 Å². The third kappa shape index (κ3) is 1.98. The fourth-order valence-electron chi connectivity index (χ4n) is 2.07. The van der Waals surface area contributed by atoms with Gasteiger partial charge in [0.15, 0.2) is 0 Å². The van der Waals surface area contributed by atoms with E-state index >= 15 is 0 Å². The standard InChI is InChI=1S/C14H14N4/c15-7-11-8-17-18(9-11)10-12-5-6-16-14-4-2-1-3-13(12)14/h1-6,8-9H,7,10,15H2. The lowest BCUT2D eigenvalue weighted by Gasteiger charge is -2.05. The first-order valence-corrected chi connectivity index (χ1v) is 5.91. The molecule has 4 heteroatoms. The van der Waals surface area contributed by atoms with Crippen LogP contribution in [0.3, 0.4) is 0 Å². The Kier molecular flexibility index (Phi) is 2.78. The molecular weight excluding hydrogens is 224 g/mol. The molecule has 18 heavy (non-hydrogen) atoms. The average Bonchev–Trinajstić information content (AvgIpc) is 2.87. The van der Waals surface area contributed by atoms with Gasteiger partial charge in [0.05, 0.1) is 18.3 Å². The maximum atomic E-state index is 5.58. The van der Waals surface area contributed by atoms with Gasteiger partial charge in [-0.25, -0.2) is 0 Å². The Hall–Kier alpha value is -2.20. The van der Waals surface area contributed by atoms with E-state index in [2.05, 4.69) is 16.1 Å². The van der Waals surface area contributed by atoms with Crippen LogP contribution in [-0.4, -0.2) is 14.8 Å². The smallest absolute Gasteiger partial charge is 0.0705 e. The lowest BCUT2D eigenvalue weighted by atomic mass is 10.1. The Morgan fingerprint density at radius 3 is 2.89 bits per heavy atom. The van der Waals surface area contributed by atoms with Crippen LogP contribution in [0.2, 0.25) is 0 Å². The molecule has 3 rings (SSSR count). The molecule has 2 heterocycles. The molecule has 90 valence electrons. The minimum atomic E-state index is 0.525. The van der Waals surface area contributed by atoms with Crippen molar-refractivity contribution in [3.63, 3.8) is 0 Å². The molecule has 0 fully saturated rings. The monoisotopic (exact) mass is 238 g/mol. The molecular formula is C14H14N4. The van der Waals surface area contributed by atoms with Crippen LogP contribution < -0.4 is 5.73 Å². The first-order valence-electron chi connectivity index (χ1n) is 5.91. The fourth-order valence-corrected chi connectivity index (χ4v) is 2.07. The largest absolute Gasteiger partial charge is 0.326 e. The summed E-state index contributed by atoms with van der Waals surface area (Å²) in [6.07, 6.45) is 5.63. The van der Waals surface area contributed by atoms with Crippen molar-refractivity contribution in [2.24, 2.45) is 5.73 Å². The fraction of sp³-hybridized carbons (Fsp3) is 0.143. The highest BCUT2D eigenvalue weighted by Gasteiger charge is 2.03. The van der Waals surface area contributed by atoms with Crippen molar-refractivity contribution in [3.05, 3.63) is 60.0 Å². The number of rotatable bonds is 3. The zero-order chi connectivity index (χ0) is 12.4. The zero-order valence-corrected chi connectivity index (χ0v) is 9.95. The summed E-state index contributed by atoms with van der Waals surface area (Å²) in [5, 5.41) is 5.48. The molecule has 0 bridgehead atoms. The van der Waals surface area contributed by atoms with Gasteiger partial charge >= 0.3 is 0 Å². The Balaban J connectivity index is 1.99. The highest BCUT2D eigenvalue weighted by Crippen LogP contribution is 2.17. The summed E-state index contributed by atoms with van der Waals surface area (Å²) in [6, 6.07) is 10.2. The van der Waals surface area contributed by atoms with Crippen LogP contribution in [-0.2, 0) is 13.1 Å². The van der Waals surface area contributed by atoms with Crippen molar-refractivity contribution in [2.75, 3.05) is 0 Å². The Morgan fingerprint density at radius 1 is 1.17 bits per heavy atom. The second kappa shape index (κ2) is 4.58. The molecule has 0 aliphatic carbocycles. The topological polar surface area (TPSA) is 56.7 Å². The minimum absolute atomic E-state index is 0.525. The van der Waals surface area contributed by atoms with Crippen molar-refractivity contribution in [2.45, 2.75) is 13.1 Å². The molecule has 0 aliphatic rings. The van der Waals surface area contributed by atoms with E-state index in [0.717, 1.165) is 17.6 Å². The van der Waals surface area contributed by atoms with E-state index in [0.29, 0.717) is 6.54 Å². The van der Waals surface area contributed by atoms with Crippen LogP contribution >= 0.6 is 0 Å². The lowest BCUT2D eigenvalue weighted by molar-refractivity contribution is 0.689. The number of aromatic nitrogens is 3. The number of nitrogens with zero attached hydrogens (tertiary/aromatic N) is 3. The van der Waals surface area contributed by atoms with E-state index < -0.39 is 0 Å². The first-order chi connectivity index (χ1) is 8.86. The van der Waals surface area contributed by atoms with E-state index in [1.165, 1.54) is 10.9 Å². The molecule has 0 atom stereocenters. The molecule has 2 N–H and O–H groups in total. The van der Waals surface area contributed by atoms with Gasteiger partial charge in [0.1, 0.15) is 0 Å². The van der Waals surface area contributed by atoms with Crippen molar-refractivity contribution in [3.8, 4) is 0 Å². The quantitative estimate of drug-likeness (QED) is 0.758. The maximum Gasteiger partial charge on any atom is 0.0705 e. The average molecular weight is 238 g/mol. The molecule has 0 amide bonds. The molecule has 0 aliphatic heterocycles. The number of benzene rings is 1. The Bertz CT molecular complexity index is 667. The van der Waals surface area contributed by atoms with E-state index in [1.54, 1.807) is 0 Å². The summed E-state index contributed by atoms with van der Waals surface area (Å²) in [6.45, 7) is 1.26. The number of pyridine rings is 1. The molecule has 0 spiro atoms. The van der Waals surface area contributed by atoms with Gasteiger partial charge < -0.3 is 5.73 Å². The Morgan fingerprint density at radius 2 is 2.06 bits per heavy atom. The van der Waals surface area contributed by atoms with Crippen molar-refractivity contribution < 1.29 is 0 Å². The van der Waals surface area contributed by atoms with Gasteiger partial charge in [-0.1, -0.05) is 18.2 Å². The van der Waals surface area contributed by atoms with Crippen molar-refractivity contribution in [1.29, 1.82) is 0 Å². The number of hydrogen-bond donors (Lipinski definition) is 1. The van der Waals surface area contributed by atoms with Gasteiger partial charge in [0, 0.05) is 29.9 Å². The molecule has 0 saturated heterocycles. The molecule has 0 radical (unpaired) electrons. The van der Waals surface area contributed by atoms with Crippen LogP contribution in [0.4, 0.5) is 0 Å². The van der Waals surface area contributed by atoms with Gasteiger partial charge in [0.2, 0.25) is 0 Å². The SMILES string of the molecule is NCc1cnn(Cc2ccnc3ccccc23)c1. The van der Waals surface area contributed by atoms with Gasteiger partial charge in [-0.3, -0.25) is 9.67 Å². The third-order valence-electron chi connectivity index (χ3n) is 2.99. The van der Waals surface area contributed by atoms with Crippen molar-refractivity contribution in [1.82, 2.24) is 14.8 Å². The van der Waals surface area contributed by atoms with Crippen LogP contribution in [0.25, 0.3) is 10.9 Å². The number of nitrogens with two attached hydrogens (primary N) is 1. The highest BCUT2D eigenvalue weighted by molar-refractivity contribution is 5.81. The lowest BCUT2D eigenvalue weighted by Crippen LogP contribution is -2.01. The predicted molar refractivity (Wildman–Crippen MR) is 71.0 cm³/mol. The summed E-state index contributed by atoms with van der Waals surface area (Å²) in [5.74, 6) is 0. The summed E-state index contributed by atoms with van der Waals surface area (Å²) < 4.78 is 1.91. The normalized spacial score (nSPS) is 10.9. The number of fused-ring (bicyclic) bond motifs is 1. The number of para-hydroxylation sites is 1. The number of hydrogen-bond acceptors (Lipinski definition) is 3. The summed E-state index contributed by atoms with van der Waals surface area (Å²) >= 11 is 0. The van der Waals surface area contributed by atoms with E-state index in [-0.39, 0.29) is 0 Å². The molecule has 0 saturated carbocycles. The maximum absolute atomic E-state index is 5.58. The van der Waals surface area contributed by atoms with E-state index in [1.807, 2.05) is 47.5 Å². The molecule has 1 aromatic carbocycles. The zero-order valence-electron chi connectivity index (χ0n) is 9.95. The second-order valence-electron chi connectivity index (χ2n) is 4.24. The van der Waals surface area contributed by atoms with Gasteiger partial charge in [-0.05, 0) is 17.7 Å². The van der Waals surface area contributed by atoms with Crippen LogP contribution in [0.15, 0.2) is 48.9 Å². The Labute approximate surface area is 105 Å². The minimum Gasteiger partial charge on any atom is -0.326 e. The van der Waals surface area contributed by atoms with Crippen molar-refractivity contribution >= 4 is 10.9 Å². The highest BCUT2D eigenvalue weighted by atomic mass is 15.3. The predicted octanol–water partition coefficient (Wildman–Crippen LogP) is 1.94. The molecule has 4 nitrogen and oxygen atoms in total. The van der Waals surface area contributed by atoms with Crippen LogP contribution in [0.5, 0.6) is 0 Å². The molecule has 2 aromatic heterocycles. The van der Waals surface area contributed by atoms with Gasteiger partial charge in [-0.2, -0.15) is 5.10 Å². The summed E-state index contributed by atoms with van der Waals surface area (Å²) in [4.78, 5) is 4.36. The summed E-state index contributed by atoms with van der Waals surface area (Å²) in [5.41, 5.74) is 8.86. The van der Waals surface area contributed by atoms with Gasteiger partial charge in [-0.15, -0.1) is 0 Å². The second-order valence-corrected chi connectivity index (χ2v) is 4.24. The molecule has 3 aromatic rings. The van der Waals surface area contributed by atoms with E-state index in [4.69, 9.17) is 5.73 Å². The molecule has 0 unspecified atom stereocenters. The third-order valence-corrected chi connectivity index (χ3v) is 2.99.